The number of rotatable bonds is 10. The zero-order valence-electron chi connectivity index (χ0n) is 13.4. The number of unbranched alkanes of at least 4 members (excludes halogenated alkanes) is 1. The van der Waals surface area contributed by atoms with Crippen LogP contribution in [-0.2, 0) is 20.9 Å². The molecule has 0 saturated carbocycles. The second-order valence-corrected chi connectivity index (χ2v) is 5.09. The molecule has 0 aliphatic heterocycles. The summed E-state index contributed by atoms with van der Waals surface area (Å²) in [7, 11) is 0. The summed E-state index contributed by atoms with van der Waals surface area (Å²) in [6.07, 6.45) is 2.51. The number of carbonyl (C=O) groups is 3. The molecule has 7 nitrogen and oxygen atoms in total. The van der Waals surface area contributed by atoms with E-state index in [0.29, 0.717) is 19.3 Å². The molecule has 0 radical (unpaired) electrons. The summed E-state index contributed by atoms with van der Waals surface area (Å²) < 4.78 is 4.95. The highest BCUT2D eigenvalue weighted by Crippen LogP contribution is 2.02. The monoisotopic (exact) mass is 334 g/mol. The van der Waals surface area contributed by atoms with Crippen molar-refractivity contribution < 1.29 is 24.2 Å². The molecule has 0 saturated heterocycles. The van der Waals surface area contributed by atoms with Crippen molar-refractivity contribution in [1.82, 2.24) is 10.6 Å². The van der Waals surface area contributed by atoms with E-state index in [1.807, 2.05) is 18.2 Å². The summed E-state index contributed by atoms with van der Waals surface area (Å²) in [6.45, 7) is 3.30. The Kier molecular flexibility index (Phi) is 8.67. The molecular formula is C17H22N2O5. The normalized spacial score (nSPS) is 11.2. The van der Waals surface area contributed by atoms with Crippen LogP contribution in [0.3, 0.4) is 0 Å². The van der Waals surface area contributed by atoms with Crippen molar-refractivity contribution in [3.63, 3.8) is 0 Å². The highest BCUT2D eigenvalue weighted by Gasteiger charge is 2.19. The van der Waals surface area contributed by atoms with E-state index in [1.54, 1.807) is 18.2 Å². The van der Waals surface area contributed by atoms with Crippen molar-refractivity contribution in [3.05, 3.63) is 48.6 Å². The van der Waals surface area contributed by atoms with E-state index in [4.69, 9.17) is 9.84 Å². The van der Waals surface area contributed by atoms with Crippen molar-refractivity contribution in [3.8, 4) is 0 Å². The van der Waals surface area contributed by atoms with Crippen molar-refractivity contribution in [1.29, 1.82) is 0 Å². The maximum Gasteiger partial charge on any atom is 0.407 e. The lowest BCUT2D eigenvalue weighted by molar-refractivity contribution is -0.141. The molecule has 7 heteroatoms. The largest absolute Gasteiger partial charge is 0.480 e. The molecule has 24 heavy (non-hydrogen) atoms. The predicted molar refractivity (Wildman–Crippen MR) is 88.2 cm³/mol. The lowest BCUT2D eigenvalue weighted by atomic mass is 10.1. The van der Waals surface area contributed by atoms with Gasteiger partial charge < -0.3 is 20.5 Å². The molecule has 1 rings (SSSR count). The number of ether oxygens (including phenoxy) is 1. The van der Waals surface area contributed by atoms with Crippen LogP contribution in [0.1, 0.15) is 24.8 Å². The van der Waals surface area contributed by atoms with Gasteiger partial charge in [-0.25, -0.2) is 9.59 Å². The first kappa shape index (κ1) is 19.2. The van der Waals surface area contributed by atoms with Gasteiger partial charge in [-0.1, -0.05) is 36.4 Å². The average Bonchev–Trinajstić information content (AvgIpc) is 2.58. The molecule has 0 spiro atoms. The van der Waals surface area contributed by atoms with Crippen LogP contribution >= 0.6 is 0 Å². The Morgan fingerprint density at radius 2 is 1.96 bits per heavy atom. The second kappa shape index (κ2) is 10.8. The molecule has 130 valence electrons. The first-order valence-corrected chi connectivity index (χ1v) is 7.60. The highest BCUT2D eigenvalue weighted by atomic mass is 16.5. The number of hydrogen-bond acceptors (Lipinski definition) is 4. The van der Waals surface area contributed by atoms with E-state index < -0.39 is 24.0 Å². The molecule has 0 aliphatic carbocycles. The minimum atomic E-state index is -1.11. The number of hydrogen-bond donors (Lipinski definition) is 3. The Balaban J connectivity index is 2.29. The summed E-state index contributed by atoms with van der Waals surface area (Å²) in [5.41, 5.74) is 0.824. The topological polar surface area (TPSA) is 105 Å². The van der Waals surface area contributed by atoms with E-state index in [9.17, 15) is 14.4 Å². The van der Waals surface area contributed by atoms with Crippen LogP contribution in [0, 0.1) is 0 Å². The Morgan fingerprint density at radius 1 is 1.25 bits per heavy atom. The zero-order valence-corrected chi connectivity index (χ0v) is 13.4. The molecule has 0 heterocycles. The number of carboxylic acid groups (broad SMARTS) is 1. The summed E-state index contributed by atoms with van der Waals surface area (Å²) in [5, 5.41) is 13.7. The smallest absolute Gasteiger partial charge is 0.407 e. The van der Waals surface area contributed by atoms with Crippen LogP contribution < -0.4 is 10.6 Å². The number of carboxylic acids is 1. The number of nitrogens with one attached hydrogen (secondary N) is 2. The molecule has 1 aromatic carbocycles. The van der Waals surface area contributed by atoms with Crippen LogP contribution in [0.2, 0.25) is 0 Å². The van der Waals surface area contributed by atoms with Gasteiger partial charge in [0.2, 0.25) is 5.91 Å². The van der Waals surface area contributed by atoms with Gasteiger partial charge >= 0.3 is 12.1 Å². The van der Waals surface area contributed by atoms with Gasteiger partial charge in [0.15, 0.2) is 0 Å². The zero-order chi connectivity index (χ0) is 17.8. The number of amides is 2. The fraction of sp³-hybridized carbons (Fsp3) is 0.353. The highest BCUT2D eigenvalue weighted by molar-refractivity contribution is 5.86. The van der Waals surface area contributed by atoms with Crippen molar-refractivity contribution >= 4 is 18.0 Å². The Bertz CT molecular complexity index is 559. The molecule has 2 amide bonds. The number of benzene rings is 1. The summed E-state index contributed by atoms with van der Waals surface area (Å²) in [5.74, 6) is -1.70. The van der Waals surface area contributed by atoms with Crippen LogP contribution in [0.5, 0.6) is 0 Å². The fourth-order valence-corrected chi connectivity index (χ4v) is 1.90. The van der Waals surface area contributed by atoms with Gasteiger partial charge in [0, 0.05) is 0 Å². The predicted octanol–water partition coefficient (Wildman–Crippen LogP) is 1.84. The fourth-order valence-electron chi connectivity index (χ4n) is 1.90. The molecule has 1 aromatic rings. The molecule has 0 aromatic heterocycles. The second-order valence-electron chi connectivity index (χ2n) is 5.09. The summed E-state index contributed by atoms with van der Waals surface area (Å²) in [4.78, 5) is 34.3. The van der Waals surface area contributed by atoms with Crippen molar-refractivity contribution in [2.45, 2.75) is 31.9 Å². The van der Waals surface area contributed by atoms with Gasteiger partial charge in [-0.3, -0.25) is 4.79 Å². The third kappa shape index (κ3) is 7.98. The molecule has 0 bridgehead atoms. The molecule has 1 atom stereocenters. The Morgan fingerprint density at radius 3 is 2.58 bits per heavy atom. The molecule has 0 aliphatic rings. The SMILES string of the molecule is C=CCCC[C@H](NC(=O)CNC(=O)OCc1ccccc1)C(=O)O. The Hall–Kier alpha value is -2.83. The summed E-state index contributed by atoms with van der Waals surface area (Å²) >= 11 is 0. The molecule has 0 unspecified atom stereocenters. The average molecular weight is 334 g/mol. The third-order valence-corrected chi connectivity index (χ3v) is 3.14. The number of alkyl carbamates (subject to hydrolysis) is 1. The van der Waals surface area contributed by atoms with Crippen LogP contribution in [0.15, 0.2) is 43.0 Å². The lowest BCUT2D eigenvalue weighted by Gasteiger charge is -2.14. The number of allylic oxidation sites excluding steroid dienone is 1. The van der Waals surface area contributed by atoms with Gasteiger partial charge in [-0.2, -0.15) is 0 Å². The van der Waals surface area contributed by atoms with Gasteiger partial charge in [-0.15, -0.1) is 6.58 Å². The van der Waals surface area contributed by atoms with Crippen LogP contribution in [0.4, 0.5) is 4.79 Å². The molecular weight excluding hydrogens is 312 g/mol. The lowest BCUT2D eigenvalue weighted by Crippen LogP contribution is -2.45. The van der Waals surface area contributed by atoms with Gasteiger partial charge in [0.1, 0.15) is 19.2 Å². The van der Waals surface area contributed by atoms with E-state index in [2.05, 4.69) is 17.2 Å². The summed E-state index contributed by atoms with van der Waals surface area (Å²) in [6, 6.07) is 8.12. The van der Waals surface area contributed by atoms with Crippen molar-refractivity contribution in [2.24, 2.45) is 0 Å². The van der Waals surface area contributed by atoms with E-state index in [0.717, 1.165) is 5.56 Å². The Labute approximate surface area is 140 Å². The van der Waals surface area contributed by atoms with Gasteiger partial charge in [0.05, 0.1) is 0 Å². The maximum absolute atomic E-state index is 11.7. The minimum Gasteiger partial charge on any atom is -0.480 e. The van der Waals surface area contributed by atoms with E-state index in [-0.39, 0.29) is 13.2 Å². The number of carbonyl (C=O) groups excluding carboxylic acids is 2. The van der Waals surface area contributed by atoms with Crippen LogP contribution in [-0.4, -0.2) is 35.7 Å². The third-order valence-electron chi connectivity index (χ3n) is 3.14. The maximum atomic E-state index is 11.7. The first-order valence-electron chi connectivity index (χ1n) is 7.60. The van der Waals surface area contributed by atoms with Crippen molar-refractivity contribution in [2.75, 3.05) is 6.54 Å². The first-order chi connectivity index (χ1) is 11.5. The number of aliphatic carboxylic acids is 1. The van der Waals surface area contributed by atoms with Gasteiger partial charge in [0.25, 0.3) is 0 Å². The standard InChI is InChI=1S/C17H22N2O5/c1-2-3-5-10-14(16(21)22)19-15(20)11-18-17(23)24-12-13-8-6-4-7-9-13/h2,4,6-9,14H,1,3,5,10-12H2,(H,18,23)(H,19,20)(H,21,22)/t14-/m0/s1. The van der Waals surface area contributed by atoms with E-state index >= 15 is 0 Å². The quantitative estimate of drug-likeness (QED) is 0.447. The van der Waals surface area contributed by atoms with Gasteiger partial charge in [-0.05, 0) is 24.8 Å². The minimum absolute atomic E-state index is 0.0909. The van der Waals surface area contributed by atoms with Crippen LogP contribution in [0.25, 0.3) is 0 Å². The molecule has 0 fully saturated rings. The molecule has 3 N–H and O–H groups in total. The van der Waals surface area contributed by atoms with E-state index in [1.165, 1.54) is 0 Å².